The predicted octanol–water partition coefficient (Wildman–Crippen LogP) is 4.58. The first-order valence-electron chi connectivity index (χ1n) is 7.80. The van der Waals surface area contributed by atoms with Crippen molar-refractivity contribution in [2.75, 3.05) is 5.32 Å². The lowest BCUT2D eigenvalue weighted by molar-refractivity contribution is -0.138. The molecule has 0 saturated carbocycles. The number of hydrogen-bond acceptors (Lipinski definition) is 2. The maximum atomic E-state index is 12.5. The van der Waals surface area contributed by atoms with E-state index < -0.39 is 11.3 Å². The zero-order valence-electron chi connectivity index (χ0n) is 14.3. The quantitative estimate of drug-likeness (QED) is 0.747. The highest BCUT2D eigenvalue weighted by atomic mass is 35.5. The van der Waals surface area contributed by atoms with Crippen LogP contribution in [0.2, 0.25) is 10.0 Å². The maximum Gasteiger partial charge on any atom is 0.239 e. The number of anilines is 1. The monoisotopic (exact) mass is 378 g/mol. The predicted molar refractivity (Wildman–Crippen MR) is 102 cm³/mol. The minimum atomic E-state index is -1.25. The van der Waals surface area contributed by atoms with Crippen LogP contribution in [0, 0.1) is 12.3 Å². The molecule has 0 heterocycles. The Balaban J connectivity index is 2.04. The number of benzene rings is 2. The Morgan fingerprint density at radius 3 is 2.20 bits per heavy atom. The number of amides is 2. The van der Waals surface area contributed by atoms with Crippen molar-refractivity contribution in [3.05, 3.63) is 63.6 Å². The summed E-state index contributed by atoms with van der Waals surface area (Å²) in [5, 5.41) is 6.32. The van der Waals surface area contributed by atoms with E-state index in [1.807, 2.05) is 31.2 Å². The van der Waals surface area contributed by atoms with Gasteiger partial charge in [0.25, 0.3) is 0 Å². The summed E-state index contributed by atoms with van der Waals surface area (Å²) in [5.74, 6) is -0.797. The van der Waals surface area contributed by atoms with Crippen molar-refractivity contribution in [1.29, 1.82) is 0 Å². The molecule has 2 amide bonds. The van der Waals surface area contributed by atoms with Crippen molar-refractivity contribution < 1.29 is 9.59 Å². The molecule has 0 unspecified atom stereocenters. The van der Waals surface area contributed by atoms with Gasteiger partial charge in [0.15, 0.2) is 0 Å². The number of rotatable bonds is 5. The smallest absolute Gasteiger partial charge is 0.239 e. The average molecular weight is 379 g/mol. The third kappa shape index (κ3) is 4.97. The summed E-state index contributed by atoms with van der Waals surface area (Å²) < 4.78 is 0. The molecule has 4 nitrogen and oxygen atoms in total. The second-order valence-electron chi connectivity index (χ2n) is 6.35. The molecule has 2 aromatic carbocycles. The first-order valence-corrected chi connectivity index (χ1v) is 8.56. The van der Waals surface area contributed by atoms with Crippen LogP contribution in [0.4, 0.5) is 5.69 Å². The molecule has 0 atom stereocenters. The van der Waals surface area contributed by atoms with Crippen LogP contribution in [-0.4, -0.2) is 11.8 Å². The van der Waals surface area contributed by atoms with Crippen molar-refractivity contribution in [2.24, 2.45) is 5.41 Å². The summed E-state index contributed by atoms with van der Waals surface area (Å²) in [6, 6.07) is 12.5. The molecule has 0 aromatic heterocycles. The van der Waals surface area contributed by atoms with Crippen molar-refractivity contribution >= 4 is 40.7 Å². The first-order chi connectivity index (χ1) is 11.7. The highest BCUT2D eigenvalue weighted by Crippen LogP contribution is 2.25. The van der Waals surface area contributed by atoms with Gasteiger partial charge in [0.1, 0.15) is 5.41 Å². The van der Waals surface area contributed by atoms with Gasteiger partial charge in [-0.25, -0.2) is 0 Å². The van der Waals surface area contributed by atoms with Gasteiger partial charge in [-0.2, -0.15) is 0 Å². The van der Waals surface area contributed by atoms with Gasteiger partial charge in [-0.15, -0.1) is 0 Å². The van der Waals surface area contributed by atoms with Crippen LogP contribution in [0.25, 0.3) is 0 Å². The lowest BCUT2D eigenvalue weighted by Crippen LogP contribution is -2.44. The third-order valence-corrected chi connectivity index (χ3v) is 4.39. The van der Waals surface area contributed by atoms with E-state index in [2.05, 4.69) is 10.6 Å². The summed E-state index contributed by atoms with van der Waals surface area (Å²) >= 11 is 11.9. The highest BCUT2D eigenvalue weighted by molar-refractivity contribution is 6.35. The highest BCUT2D eigenvalue weighted by Gasteiger charge is 2.36. The Labute approximate surface area is 157 Å². The molecule has 0 aliphatic heterocycles. The Bertz CT molecular complexity index is 784. The zero-order chi connectivity index (χ0) is 18.6. The maximum absolute atomic E-state index is 12.5. The van der Waals surface area contributed by atoms with Crippen molar-refractivity contribution in [1.82, 2.24) is 5.32 Å². The van der Waals surface area contributed by atoms with E-state index in [-0.39, 0.29) is 5.91 Å². The van der Waals surface area contributed by atoms with E-state index in [1.165, 1.54) is 0 Å². The second-order valence-corrected chi connectivity index (χ2v) is 7.22. The molecular weight excluding hydrogens is 359 g/mol. The van der Waals surface area contributed by atoms with Crippen LogP contribution in [-0.2, 0) is 16.1 Å². The van der Waals surface area contributed by atoms with Gasteiger partial charge >= 0.3 is 0 Å². The second kappa shape index (κ2) is 7.89. The standard InChI is InChI=1S/C19H20Cl2N2O2/c1-12-6-4-5-7-13(12)11-22-17(24)19(2,3)18(25)23-16-9-14(20)8-15(21)10-16/h4-10H,11H2,1-3H3,(H,22,24)(H,23,25). The van der Waals surface area contributed by atoms with E-state index in [4.69, 9.17) is 23.2 Å². The van der Waals surface area contributed by atoms with Gasteiger partial charge in [0.05, 0.1) is 0 Å². The minimum Gasteiger partial charge on any atom is -0.351 e. The van der Waals surface area contributed by atoms with Gasteiger partial charge in [0.2, 0.25) is 11.8 Å². The molecular formula is C19H20Cl2N2O2. The van der Waals surface area contributed by atoms with E-state index in [9.17, 15) is 9.59 Å². The Hall–Kier alpha value is -2.04. The SMILES string of the molecule is Cc1ccccc1CNC(=O)C(C)(C)C(=O)Nc1cc(Cl)cc(Cl)c1. The third-order valence-electron chi connectivity index (χ3n) is 3.96. The summed E-state index contributed by atoms with van der Waals surface area (Å²) in [6.07, 6.45) is 0. The van der Waals surface area contributed by atoms with E-state index >= 15 is 0 Å². The summed E-state index contributed by atoms with van der Waals surface area (Å²) in [7, 11) is 0. The number of carbonyl (C=O) groups excluding carboxylic acids is 2. The van der Waals surface area contributed by atoms with E-state index in [0.29, 0.717) is 22.3 Å². The molecule has 0 fully saturated rings. The van der Waals surface area contributed by atoms with Crippen molar-refractivity contribution in [3.8, 4) is 0 Å². The normalized spacial score (nSPS) is 11.1. The number of halogens is 2. The van der Waals surface area contributed by atoms with Crippen molar-refractivity contribution in [3.63, 3.8) is 0 Å². The topological polar surface area (TPSA) is 58.2 Å². The van der Waals surface area contributed by atoms with Crippen LogP contribution in [0.5, 0.6) is 0 Å². The van der Waals surface area contributed by atoms with E-state index in [1.54, 1.807) is 32.0 Å². The molecule has 0 radical (unpaired) electrons. The lowest BCUT2D eigenvalue weighted by Gasteiger charge is -2.23. The van der Waals surface area contributed by atoms with Crippen LogP contribution < -0.4 is 10.6 Å². The molecule has 0 spiro atoms. The number of hydrogen-bond donors (Lipinski definition) is 2. The fraction of sp³-hybridized carbons (Fsp3) is 0.263. The van der Waals surface area contributed by atoms with Crippen molar-refractivity contribution in [2.45, 2.75) is 27.3 Å². The van der Waals surface area contributed by atoms with E-state index in [0.717, 1.165) is 11.1 Å². The van der Waals surface area contributed by atoms with Crippen LogP contribution in [0.3, 0.4) is 0 Å². The minimum absolute atomic E-state index is 0.360. The fourth-order valence-electron chi connectivity index (χ4n) is 2.22. The summed E-state index contributed by atoms with van der Waals surface area (Å²) in [5.41, 5.74) is 1.28. The van der Waals surface area contributed by atoms with Gasteiger partial charge in [-0.1, -0.05) is 47.5 Å². The molecule has 132 valence electrons. The number of nitrogens with one attached hydrogen (secondary N) is 2. The lowest BCUT2D eigenvalue weighted by atomic mass is 9.90. The zero-order valence-corrected chi connectivity index (χ0v) is 15.8. The van der Waals surface area contributed by atoms with Gasteiger partial charge in [0, 0.05) is 22.3 Å². The largest absolute Gasteiger partial charge is 0.351 e. The fourth-order valence-corrected chi connectivity index (χ4v) is 2.75. The molecule has 2 N–H and O–H groups in total. The average Bonchev–Trinajstić information content (AvgIpc) is 2.52. The first kappa shape index (κ1) is 19.3. The number of carbonyl (C=O) groups is 2. The molecule has 0 aliphatic rings. The van der Waals surface area contributed by atoms with Gasteiger partial charge in [-0.05, 0) is 50.1 Å². The molecule has 0 aliphatic carbocycles. The Morgan fingerprint density at radius 1 is 1.00 bits per heavy atom. The summed E-state index contributed by atoms with van der Waals surface area (Å²) in [4.78, 5) is 25.0. The molecule has 2 rings (SSSR count). The molecule has 2 aromatic rings. The van der Waals surface area contributed by atoms with Crippen LogP contribution >= 0.6 is 23.2 Å². The van der Waals surface area contributed by atoms with Gasteiger partial charge < -0.3 is 10.6 Å². The number of aryl methyl sites for hydroxylation is 1. The molecule has 0 saturated heterocycles. The van der Waals surface area contributed by atoms with Crippen LogP contribution in [0.1, 0.15) is 25.0 Å². The Kier molecular flexibility index (Phi) is 6.09. The Morgan fingerprint density at radius 2 is 1.60 bits per heavy atom. The van der Waals surface area contributed by atoms with Crippen LogP contribution in [0.15, 0.2) is 42.5 Å². The molecule has 0 bridgehead atoms. The summed E-state index contributed by atoms with van der Waals surface area (Å²) in [6.45, 7) is 5.48. The van der Waals surface area contributed by atoms with Gasteiger partial charge in [-0.3, -0.25) is 9.59 Å². The molecule has 25 heavy (non-hydrogen) atoms. The molecule has 6 heteroatoms.